The van der Waals surface area contributed by atoms with Crippen LogP contribution in [0.1, 0.15) is 26.7 Å². The summed E-state index contributed by atoms with van der Waals surface area (Å²) in [5.74, 6) is 0. The maximum atomic E-state index is 10.7. The zero-order chi connectivity index (χ0) is 8.69. The van der Waals surface area contributed by atoms with Crippen LogP contribution in [0, 0.1) is 0 Å². The topological polar surface area (TPSA) is 35.5 Å². The molecule has 0 aliphatic carbocycles. The van der Waals surface area contributed by atoms with Gasteiger partial charge in [0.05, 0.1) is 6.61 Å². The number of rotatable bonds is 4. The number of unbranched alkanes of at least 4 members (excludes halogenated alkanes) is 1. The van der Waals surface area contributed by atoms with E-state index in [4.69, 9.17) is 9.47 Å². The van der Waals surface area contributed by atoms with Crippen molar-refractivity contribution in [2.75, 3.05) is 6.61 Å². The molecule has 1 unspecified atom stereocenters. The van der Waals surface area contributed by atoms with Crippen LogP contribution in [0.4, 0.5) is 4.79 Å². The smallest absolute Gasteiger partial charge is 0.434 e. The van der Waals surface area contributed by atoms with E-state index in [1.807, 2.05) is 29.5 Å². The standard InChI is InChI=1S/C7H13IO3/c1-3-4-5-10-7(9)11-6(2)8/h6H,3-5H2,1-2H3. The molecule has 0 radical (unpaired) electrons. The molecule has 0 aliphatic heterocycles. The molecule has 0 saturated heterocycles. The second kappa shape index (κ2) is 6.69. The van der Waals surface area contributed by atoms with E-state index < -0.39 is 6.16 Å². The molecule has 0 rings (SSSR count). The van der Waals surface area contributed by atoms with Gasteiger partial charge in [0.2, 0.25) is 0 Å². The lowest BCUT2D eigenvalue weighted by Gasteiger charge is -2.06. The zero-order valence-corrected chi connectivity index (χ0v) is 8.96. The van der Waals surface area contributed by atoms with E-state index >= 15 is 0 Å². The predicted octanol–water partition coefficient (Wildman–Crippen LogP) is 2.72. The van der Waals surface area contributed by atoms with E-state index in [1.54, 1.807) is 6.92 Å². The number of hydrogen-bond acceptors (Lipinski definition) is 3. The number of carbonyl (C=O) groups excluding carboxylic acids is 1. The van der Waals surface area contributed by atoms with Crippen molar-refractivity contribution in [1.29, 1.82) is 0 Å². The van der Waals surface area contributed by atoms with Gasteiger partial charge in [0.25, 0.3) is 0 Å². The molecule has 0 bridgehead atoms. The summed E-state index contributed by atoms with van der Waals surface area (Å²) in [4.78, 5) is 10.7. The van der Waals surface area contributed by atoms with Gasteiger partial charge in [0.15, 0.2) is 4.11 Å². The van der Waals surface area contributed by atoms with Crippen molar-refractivity contribution in [3.8, 4) is 0 Å². The van der Waals surface area contributed by atoms with E-state index in [2.05, 4.69) is 0 Å². The van der Waals surface area contributed by atoms with Crippen LogP contribution >= 0.6 is 22.6 Å². The van der Waals surface area contributed by atoms with Crippen molar-refractivity contribution in [2.24, 2.45) is 0 Å². The molecule has 1 atom stereocenters. The van der Waals surface area contributed by atoms with Gasteiger partial charge < -0.3 is 9.47 Å². The average molecular weight is 272 g/mol. The van der Waals surface area contributed by atoms with E-state index in [0.717, 1.165) is 12.8 Å². The van der Waals surface area contributed by atoms with Gasteiger partial charge in [-0.3, -0.25) is 0 Å². The first-order valence-electron chi connectivity index (χ1n) is 3.64. The van der Waals surface area contributed by atoms with E-state index in [9.17, 15) is 4.79 Å². The Balaban J connectivity index is 3.23. The summed E-state index contributed by atoms with van der Waals surface area (Å²) < 4.78 is 9.33. The monoisotopic (exact) mass is 272 g/mol. The Hall–Kier alpha value is 0. The fourth-order valence-corrected chi connectivity index (χ4v) is 0.674. The van der Waals surface area contributed by atoms with Crippen molar-refractivity contribution in [2.45, 2.75) is 30.8 Å². The van der Waals surface area contributed by atoms with Gasteiger partial charge in [0.1, 0.15) is 0 Å². The van der Waals surface area contributed by atoms with Crippen LogP contribution in [0.15, 0.2) is 0 Å². The summed E-state index contributed by atoms with van der Waals surface area (Å²) in [6.07, 6.45) is 1.35. The van der Waals surface area contributed by atoms with Crippen LogP contribution < -0.4 is 0 Å². The van der Waals surface area contributed by atoms with Crippen LogP contribution in [0.3, 0.4) is 0 Å². The maximum Gasteiger partial charge on any atom is 0.509 e. The normalized spacial score (nSPS) is 12.3. The average Bonchev–Trinajstić information content (AvgIpc) is 1.86. The molecule has 0 N–H and O–H groups in total. The molecule has 0 saturated carbocycles. The Morgan fingerprint density at radius 2 is 2.27 bits per heavy atom. The maximum absolute atomic E-state index is 10.7. The molecule has 11 heavy (non-hydrogen) atoms. The van der Waals surface area contributed by atoms with Gasteiger partial charge in [0, 0.05) is 0 Å². The lowest BCUT2D eigenvalue weighted by molar-refractivity contribution is 0.0540. The Kier molecular flexibility index (Phi) is 6.69. The molecule has 4 heteroatoms. The summed E-state index contributed by atoms with van der Waals surface area (Å²) in [6, 6.07) is 0. The molecule has 0 aromatic heterocycles. The van der Waals surface area contributed by atoms with E-state index in [0.29, 0.717) is 6.61 Å². The van der Waals surface area contributed by atoms with Crippen molar-refractivity contribution in [3.05, 3.63) is 0 Å². The first-order valence-corrected chi connectivity index (χ1v) is 4.89. The van der Waals surface area contributed by atoms with Crippen LogP contribution in [-0.2, 0) is 9.47 Å². The number of ether oxygens (including phenoxy) is 2. The quantitative estimate of drug-likeness (QED) is 0.341. The minimum absolute atomic E-state index is 0.123. The van der Waals surface area contributed by atoms with Crippen molar-refractivity contribution < 1.29 is 14.3 Å². The SMILES string of the molecule is CCCCOC(=O)OC(C)I. The Labute approximate surface area is 80.6 Å². The first-order chi connectivity index (χ1) is 5.16. The minimum Gasteiger partial charge on any atom is -0.434 e. The lowest BCUT2D eigenvalue weighted by Crippen LogP contribution is -2.11. The molecule has 0 aromatic rings. The Bertz CT molecular complexity index is 114. The number of halogens is 1. The molecule has 0 aromatic carbocycles. The third kappa shape index (κ3) is 7.90. The molecule has 0 spiro atoms. The largest absolute Gasteiger partial charge is 0.509 e. The van der Waals surface area contributed by atoms with Gasteiger partial charge >= 0.3 is 6.16 Å². The predicted molar refractivity (Wildman–Crippen MR) is 50.8 cm³/mol. The van der Waals surface area contributed by atoms with Crippen LogP contribution in [0.5, 0.6) is 0 Å². The summed E-state index contributed by atoms with van der Waals surface area (Å²) in [5, 5.41) is 0. The molecule has 66 valence electrons. The Morgan fingerprint density at radius 3 is 2.73 bits per heavy atom. The van der Waals surface area contributed by atoms with Gasteiger partial charge in [-0.1, -0.05) is 13.3 Å². The third-order valence-electron chi connectivity index (χ3n) is 0.976. The number of alkyl halides is 1. The highest BCUT2D eigenvalue weighted by atomic mass is 127. The van der Waals surface area contributed by atoms with Crippen molar-refractivity contribution in [3.63, 3.8) is 0 Å². The van der Waals surface area contributed by atoms with Gasteiger partial charge in [-0.25, -0.2) is 4.79 Å². The fraction of sp³-hybridized carbons (Fsp3) is 0.857. The fourth-order valence-electron chi connectivity index (χ4n) is 0.466. The first kappa shape index (κ1) is 11.0. The van der Waals surface area contributed by atoms with Crippen LogP contribution in [0.2, 0.25) is 0 Å². The van der Waals surface area contributed by atoms with E-state index in [1.165, 1.54) is 0 Å². The molecule has 0 heterocycles. The van der Waals surface area contributed by atoms with Crippen LogP contribution in [-0.4, -0.2) is 16.9 Å². The van der Waals surface area contributed by atoms with Gasteiger partial charge in [-0.2, -0.15) is 0 Å². The molecule has 0 aliphatic rings. The zero-order valence-electron chi connectivity index (χ0n) is 6.80. The van der Waals surface area contributed by atoms with Crippen molar-refractivity contribution in [1.82, 2.24) is 0 Å². The number of carbonyl (C=O) groups is 1. The molecular formula is C7H13IO3. The molecular weight excluding hydrogens is 259 g/mol. The molecule has 0 amide bonds. The van der Waals surface area contributed by atoms with Crippen molar-refractivity contribution >= 4 is 28.7 Å². The molecule has 3 nitrogen and oxygen atoms in total. The van der Waals surface area contributed by atoms with Gasteiger partial charge in [-0.05, 0) is 35.9 Å². The minimum atomic E-state index is -0.569. The highest BCUT2D eigenvalue weighted by Gasteiger charge is 2.05. The van der Waals surface area contributed by atoms with Crippen LogP contribution in [0.25, 0.3) is 0 Å². The summed E-state index contributed by atoms with van der Waals surface area (Å²) >= 11 is 2.00. The summed E-state index contributed by atoms with van der Waals surface area (Å²) in [6.45, 7) is 4.27. The van der Waals surface area contributed by atoms with E-state index in [-0.39, 0.29) is 4.11 Å². The highest BCUT2D eigenvalue weighted by molar-refractivity contribution is 14.1. The lowest BCUT2D eigenvalue weighted by atomic mass is 10.4. The summed E-state index contributed by atoms with van der Waals surface area (Å²) in [5.41, 5.74) is 0. The van der Waals surface area contributed by atoms with Gasteiger partial charge in [-0.15, -0.1) is 0 Å². The summed E-state index contributed by atoms with van der Waals surface area (Å²) in [7, 11) is 0. The second-order valence-electron chi connectivity index (χ2n) is 2.11. The molecule has 0 fully saturated rings. The number of hydrogen-bond donors (Lipinski definition) is 0. The third-order valence-corrected chi connectivity index (χ3v) is 1.23. The Morgan fingerprint density at radius 1 is 1.64 bits per heavy atom. The second-order valence-corrected chi connectivity index (χ2v) is 3.87. The highest BCUT2D eigenvalue weighted by Crippen LogP contribution is 2.02.